The van der Waals surface area contributed by atoms with Crippen molar-refractivity contribution < 1.29 is 14.4 Å². The monoisotopic (exact) mass is 379 g/mol. The lowest BCUT2D eigenvalue weighted by molar-refractivity contribution is -0.935. The molecule has 0 amide bonds. The number of Topliss-reactive ketones (excluding diaryl/α,β-unsaturated/α-hetero) is 1. The third kappa shape index (κ3) is 3.77. The van der Waals surface area contributed by atoms with Crippen LogP contribution >= 0.6 is 0 Å². The Kier molecular flexibility index (Phi) is 5.63. The number of hydrogen-bond acceptors (Lipinski definition) is 3. The van der Waals surface area contributed by atoms with Crippen LogP contribution in [0.3, 0.4) is 0 Å². The smallest absolute Gasteiger partial charge is 0.223 e. The molecular weight excluding hydrogens is 348 g/mol. The molecule has 2 N–H and O–H groups in total. The molecule has 2 aromatic rings. The first kappa shape index (κ1) is 19.3. The average molecular weight is 380 g/mol. The first-order valence-corrected chi connectivity index (χ1v) is 10.5. The molecule has 2 aromatic carbocycles. The Morgan fingerprint density at radius 2 is 1.61 bits per heavy atom. The molecule has 28 heavy (non-hydrogen) atoms. The van der Waals surface area contributed by atoms with Gasteiger partial charge in [-0.2, -0.15) is 0 Å². The van der Waals surface area contributed by atoms with Gasteiger partial charge in [0.1, 0.15) is 13.1 Å². The van der Waals surface area contributed by atoms with Crippen molar-refractivity contribution in [3.8, 4) is 0 Å². The van der Waals surface area contributed by atoms with Crippen LogP contribution < -0.4 is 5.32 Å². The number of benzene rings is 2. The fourth-order valence-electron chi connectivity index (χ4n) is 4.78. The van der Waals surface area contributed by atoms with Crippen LogP contribution in [-0.4, -0.2) is 48.1 Å². The second-order valence-corrected chi connectivity index (χ2v) is 8.52. The summed E-state index contributed by atoms with van der Waals surface area (Å²) in [4.78, 5) is 13.7. The highest BCUT2D eigenvalue weighted by molar-refractivity contribution is 5.89. The largest absolute Gasteiger partial charge is 0.377 e. The van der Waals surface area contributed by atoms with E-state index in [0.29, 0.717) is 6.54 Å². The fourth-order valence-corrected chi connectivity index (χ4v) is 4.78. The lowest BCUT2D eigenvalue weighted by Crippen LogP contribution is -2.62. The normalized spacial score (nSPS) is 21.5. The molecule has 4 rings (SSSR count). The molecule has 0 aromatic heterocycles. The van der Waals surface area contributed by atoms with Crippen molar-refractivity contribution in [3.63, 3.8) is 0 Å². The summed E-state index contributed by atoms with van der Waals surface area (Å²) in [5.74, 6) is 0.0309. The number of aliphatic hydroxyl groups is 1. The molecule has 1 saturated carbocycles. The van der Waals surface area contributed by atoms with Gasteiger partial charge in [-0.1, -0.05) is 67.1 Å². The number of carbonyl (C=O) groups excluding carboxylic acids is 1. The summed E-state index contributed by atoms with van der Waals surface area (Å²) in [6, 6.07) is 20.0. The van der Waals surface area contributed by atoms with E-state index >= 15 is 0 Å². The molecule has 1 unspecified atom stereocenters. The third-order valence-electron chi connectivity index (χ3n) is 6.70. The number of carbonyl (C=O) groups is 1. The minimum atomic E-state index is -1.35. The van der Waals surface area contributed by atoms with Crippen LogP contribution in [0.4, 0.5) is 0 Å². The van der Waals surface area contributed by atoms with E-state index in [1.165, 1.54) is 5.56 Å². The maximum atomic E-state index is 13.7. The Bertz CT molecular complexity index is 783. The Morgan fingerprint density at radius 3 is 2.18 bits per heavy atom. The van der Waals surface area contributed by atoms with Gasteiger partial charge < -0.3 is 14.9 Å². The minimum Gasteiger partial charge on any atom is -0.377 e. The maximum absolute atomic E-state index is 13.7. The molecule has 1 aliphatic heterocycles. The first-order valence-electron chi connectivity index (χ1n) is 10.5. The number of ketones is 1. The zero-order valence-corrected chi connectivity index (χ0v) is 16.5. The first-order chi connectivity index (χ1) is 13.6. The molecular formula is C24H31N2O2+. The van der Waals surface area contributed by atoms with E-state index in [1.54, 1.807) is 0 Å². The number of piperazine rings is 1. The number of rotatable bonds is 7. The van der Waals surface area contributed by atoms with Crippen LogP contribution in [0.2, 0.25) is 0 Å². The van der Waals surface area contributed by atoms with Gasteiger partial charge in [0.15, 0.2) is 5.60 Å². The molecule has 1 saturated heterocycles. The molecule has 0 bridgehead atoms. The van der Waals surface area contributed by atoms with Crippen LogP contribution in [0.25, 0.3) is 0 Å². The summed E-state index contributed by atoms with van der Waals surface area (Å²) < 4.78 is 0.720. The van der Waals surface area contributed by atoms with Gasteiger partial charge in [0.05, 0.1) is 13.1 Å². The zero-order chi connectivity index (χ0) is 19.5. The Labute approximate surface area is 167 Å². The van der Waals surface area contributed by atoms with E-state index in [9.17, 15) is 9.90 Å². The van der Waals surface area contributed by atoms with Crippen LogP contribution in [0.15, 0.2) is 60.7 Å². The third-order valence-corrected chi connectivity index (χ3v) is 6.70. The maximum Gasteiger partial charge on any atom is 0.223 e. The molecule has 2 fully saturated rings. The van der Waals surface area contributed by atoms with E-state index in [-0.39, 0.29) is 11.7 Å². The van der Waals surface area contributed by atoms with Gasteiger partial charge in [-0.3, -0.25) is 4.79 Å². The fraction of sp³-hybridized carbons (Fsp3) is 0.458. The van der Waals surface area contributed by atoms with Crippen LogP contribution in [0.1, 0.15) is 30.4 Å². The molecule has 1 aliphatic carbocycles. The van der Waals surface area contributed by atoms with Gasteiger partial charge in [0.2, 0.25) is 5.78 Å². The number of quaternary nitrogens is 1. The highest BCUT2D eigenvalue weighted by Gasteiger charge is 2.50. The predicted molar refractivity (Wildman–Crippen MR) is 111 cm³/mol. The van der Waals surface area contributed by atoms with Crippen molar-refractivity contribution in [1.29, 1.82) is 0 Å². The average Bonchev–Trinajstić information content (AvgIpc) is 2.68. The lowest BCUT2D eigenvalue weighted by Gasteiger charge is -2.45. The van der Waals surface area contributed by atoms with Gasteiger partial charge in [0, 0.05) is 18.7 Å². The van der Waals surface area contributed by atoms with Gasteiger partial charge in [-0.15, -0.1) is 0 Å². The lowest BCUT2D eigenvalue weighted by atomic mass is 9.67. The Balaban J connectivity index is 1.62. The van der Waals surface area contributed by atoms with Crippen LogP contribution in [0, 0.1) is 5.92 Å². The van der Waals surface area contributed by atoms with Crippen LogP contribution in [0.5, 0.6) is 0 Å². The molecule has 4 heteroatoms. The van der Waals surface area contributed by atoms with E-state index in [4.69, 9.17) is 0 Å². The van der Waals surface area contributed by atoms with Crippen molar-refractivity contribution in [1.82, 2.24) is 5.32 Å². The number of nitrogens with zero attached hydrogens (tertiary/aromatic N) is 1. The SMILES string of the molecule is O=C(C[N+]1(Cc2ccccc2)CCNCC1)C(O)(c1ccccc1)C1CCC1. The molecule has 4 nitrogen and oxygen atoms in total. The summed E-state index contributed by atoms with van der Waals surface area (Å²) in [5, 5.41) is 15.1. The van der Waals surface area contributed by atoms with E-state index in [0.717, 1.165) is 62.0 Å². The van der Waals surface area contributed by atoms with E-state index in [2.05, 4.69) is 29.6 Å². The standard InChI is InChI=1S/C24H31N2O2/c27-23(24(28,22-12-7-13-22)21-10-5-2-6-11-21)19-26(16-14-25-15-17-26)18-20-8-3-1-4-9-20/h1-6,8-11,22,25,28H,7,12-19H2/q+1. The van der Waals surface area contributed by atoms with Crippen molar-refractivity contribution >= 4 is 5.78 Å². The summed E-state index contributed by atoms with van der Waals surface area (Å²) in [7, 11) is 0. The second-order valence-electron chi connectivity index (χ2n) is 8.52. The molecule has 2 aliphatic rings. The molecule has 0 spiro atoms. The van der Waals surface area contributed by atoms with Crippen molar-refractivity contribution in [2.24, 2.45) is 5.92 Å². The highest BCUT2D eigenvalue weighted by Crippen LogP contribution is 2.43. The molecule has 1 atom stereocenters. The van der Waals surface area contributed by atoms with Gasteiger partial charge in [0.25, 0.3) is 0 Å². The summed E-state index contributed by atoms with van der Waals surface area (Å²) in [5.41, 5.74) is 0.661. The van der Waals surface area contributed by atoms with Gasteiger partial charge >= 0.3 is 0 Å². The van der Waals surface area contributed by atoms with Crippen molar-refractivity contribution in [3.05, 3.63) is 71.8 Å². The summed E-state index contributed by atoms with van der Waals surface area (Å²) in [6.45, 7) is 4.87. The number of nitrogens with one attached hydrogen (secondary N) is 1. The van der Waals surface area contributed by atoms with Crippen molar-refractivity contribution in [2.75, 3.05) is 32.7 Å². The summed E-state index contributed by atoms with van der Waals surface area (Å²) >= 11 is 0. The zero-order valence-electron chi connectivity index (χ0n) is 16.5. The van der Waals surface area contributed by atoms with Gasteiger partial charge in [-0.25, -0.2) is 0 Å². The highest BCUT2D eigenvalue weighted by atomic mass is 16.3. The van der Waals surface area contributed by atoms with Crippen LogP contribution in [-0.2, 0) is 16.9 Å². The van der Waals surface area contributed by atoms with Crippen molar-refractivity contribution in [2.45, 2.75) is 31.4 Å². The second kappa shape index (κ2) is 8.16. The Hall–Kier alpha value is -2.01. The van der Waals surface area contributed by atoms with Gasteiger partial charge in [-0.05, 0) is 24.3 Å². The topological polar surface area (TPSA) is 49.3 Å². The number of hydrogen-bond donors (Lipinski definition) is 2. The molecule has 1 heterocycles. The molecule has 0 radical (unpaired) electrons. The Morgan fingerprint density at radius 1 is 1.00 bits per heavy atom. The van der Waals surface area contributed by atoms with E-state index < -0.39 is 5.60 Å². The predicted octanol–water partition coefficient (Wildman–Crippen LogP) is 2.86. The summed E-state index contributed by atoms with van der Waals surface area (Å²) in [6.07, 6.45) is 2.95. The van der Waals surface area contributed by atoms with E-state index in [1.807, 2.05) is 36.4 Å². The minimum absolute atomic E-state index is 0.0127. The quantitative estimate of drug-likeness (QED) is 0.728. The molecule has 148 valence electrons.